The van der Waals surface area contributed by atoms with Gasteiger partial charge in [0.05, 0.1) is 28.8 Å². The number of carbonyl (C=O) groups is 4. The summed E-state index contributed by atoms with van der Waals surface area (Å²) in [5.74, 6) is -0.178. The Balaban J connectivity index is 0.761. The molecule has 1 aliphatic rings. The van der Waals surface area contributed by atoms with Crippen molar-refractivity contribution in [3.05, 3.63) is 77.5 Å². The lowest BCUT2D eigenvalue weighted by Gasteiger charge is -2.32. The minimum atomic E-state index is -0.482. The number of benzene rings is 2. The van der Waals surface area contributed by atoms with Crippen LogP contribution >= 0.6 is 0 Å². The first-order chi connectivity index (χ1) is 37.1. The second kappa shape index (κ2) is 23.7. The summed E-state index contributed by atoms with van der Waals surface area (Å²) in [6, 6.07) is 8.97. The largest absolute Gasteiger partial charge is 0.424 e. The molecule has 1 aliphatic heterocycles. The number of nitrogen functional groups attached to an aromatic ring is 3. The van der Waals surface area contributed by atoms with E-state index in [9.17, 15) is 19.2 Å². The molecule has 23 heteroatoms. The first kappa shape index (κ1) is 56.2. The molecule has 1 fully saturated rings. The predicted molar refractivity (Wildman–Crippen MR) is 300 cm³/mol. The molecule has 78 heavy (non-hydrogen) atoms. The summed E-state index contributed by atoms with van der Waals surface area (Å²) in [5, 5.41) is 16.8. The molecule has 8 rings (SSSR count). The van der Waals surface area contributed by atoms with Gasteiger partial charge in [-0.25, -0.2) is 29.3 Å². The molecule has 0 unspecified atom stereocenters. The average molecular weight is 1070 g/mol. The minimum Gasteiger partial charge on any atom is -0.424 e. The lowest BCUT2D eigenvalue weighted by atomic mass is 9.98. The SMILES string of the molecule is Cc1c(CC(=O)N(C)C)ccc(NC(=O)c2nn([C@@H]3CCCN(C(=O)/C=C/CN(C)CCC(C)(C)OCCC(C)(C)NC(=O)CCCCn4nc(-c5ccc6oc(N)nc6c5)c5c(N)ncnc54)C3)c3ncnc(N)c23)c1C. The molecule has 0 saturated carbocycles. The standard InChI is InChI=1S/C55H73N17O6/c1-33-34(2)38(19-17-35(33)29-43(75)68(7)8)63-52(76)47-45-49(57)60-32-62-51(45)72(67-47)37-14-12-24-70(30-37)42(74)16-13-23-69(9)26-21-55(5,6)77-27-22-54(3,4)65-41(73)15-10-11-25-71-50-44(48(56)59-31-61-50)46(66-71)36-18-20-40-39(28-36)64-53(58)78-40/h13,16-20,28,31-32,37H,10-12,14-15,21-27,29-30H2,1-9H3,(H2,58,64)(H,63,76)(H,65,73)(H2,56,59,61)(H2,57,60,62)/b16-13+/t37-/m1/s1. The van der Waals surface area contributed by atoms with Gasteiger partial charge < -0.3 is 51.7 Å². The maximum atomic E-state index is 13.9. The van der Waals surface area contributed by atoms with Crippen molar-refractivity contribution in [2.24, 2.45) is 0 Å². The summed E-state index contributed by atoms with van der Waals surface area (Å²) in [6.07, 6.45) is 11.0. The van der Waals surface area contributed by atoms with Crippen LogP contribution in [-0.2, 0) is 32.1 Å². The van der Waals surface area contributed by atoms with Crippen LogP contribution in [0.4, 0.5) is 23.3 Å². The number of piperidine rings is 1. The Morgan fingerprint density at radius 2 is 1.64 bits per heavy atom. The fourth-order valence-corrected chi connectivity index (χ4v) is 9.65. The Hall–Kier alpha value is -8.05. The molecule has 7 aromatic rings. The van der Waals surface area contributed by atoms with Crippen molar-refractivity contribution in [1.82, 2.24) is 64.5 Å². The van der Waals surface area contributed by atoms with Gasteiger partial charge in [0.25, 0.3) is 11.9 Å². The van der Waals surface area contributed by atoms with E-state index in [1.54, 1.807) is 51.5 Å². The zero-order valence-electron chi connectivity index (χ0n) is 46.2. The molecule has 0 bridgehead atoms. The first-order valence-corrected chi connectivity index (χ1v) is 26.4. The number of likely N-dealkylation sites (N-methyl/N-ethyl adjacent to an activating group) is 2. The number of aromatic nitrogens is 9. The van der Waals surface area contributed by atoms with Crippen molar-refractivity contribution in [2.75, 3.05) is 76.4 Å². The van der Waals surface area contributed by atoms with Crippen molar-refractivity contribution in [2.45, 2.75) is 117 Å². The van der Waals surface area contributed by atoms with E-state index in [1.165, 1.54) is 12.7 Å². The maximum Gasteiger partial charge on any atom is 0.292 e. The Bertz CT molecular complexity index is 3370. The summed E-state index contributed by atoms with van der Waals surface area (Å²) in [6.45, 7) is 15.2. The highest BCUT2D eigenvalue weighted by atomic mass is 16.5. The zero-order valence-corrected chi connectivity index (χ0v) is 46.2. The van der Waals surface area contributed by atoms with Gasteiger partial charge in [-0.2, -0.15) is 15.2 Å². The molecule has 6 heterocycles. The Labute approximate surface area is 453 Å². The zero-order chi connectivity index (χ0) is 56.1. The summed E-state index contributed by atoms with van der Waals surface area (Å²) in [7, 11) is 5.45. The van der Waals surface area contributed by atoms with Gasteiger partial charge in [0, 0.05) is 82.7 Å². The first-order valence-electron chi connectivity index (χ1n) is 26.4. The molecule has 0 aliphatic carbocycles. The van der Waals surface area contributed by atoms with E-state index in [1.807, 2.05) is 59.0 Å². The number of unbranched alkanes of at least 4 members (excludes halogenated alkanes) is 1. The van der Waals surface area contributed by atoms with Gasteiger partial charge in [0.15, 0.2) is 22.6 Å². The summed E-state index contributed by atoms with van der Waals surface area (Å²) >= 11 is 0. The number of hydrogen-bond donors (Lipinski definition) is 5. The highest BCUT2D eigenvalue weighted by Crippen LogP contribution is 2.34. The van der Waals surface area contributed by atoms with E-state index in [2.05, 4.69) is 54.3 Å². The normalized spacial score (nSPS) is 14.3. The van der Waals surface area contributed by atoms with Gasteiger partial charge in [-0.05, 0) is 128 Å². The number of nitrogens with zero attached hydrogens (tertiary/aromatic N) is 12. The molecule has 23 nitrogen and oxygen atoms in total. The number of carbonyl (C=O) groups excluding carboxylic acids is 4. The van der Waals surface area contributed by atoms with Gasteiger partial charge in [-0.3, -0.25) is 19.2 Å². The van der Waals surface area contributed by atoms with Crippen LogP contribution in [0.2, 0.25) is 0 Å². The Kier molecular flexibility index (Phi) is 17.0. The quantitative estimate of drug-likeness (QED) is 0.0383. The van der Waals surface area contributed by atoms with Crippen molar-refractivity contribution in [3.63, 3.8) is 0 Å². The Morgan fingerprint density at radius 3 is 2.40 bits per heavy atom. The van der Waals surface area contributed by atoms with E-state index in [-0.39, 0.29) is 47.7 Å². The van der Waals surface area contributed by atoms with Crippen molar-refractivity contribution < 1.29 is 28.3 Å². The molecule has 8 N–H and O–H groups in total. The van der Waals surface area contributed by atoms with E-state index >= 15 is 0 Å². The van der Waals surface area contributed by atoms with Gasteiger partial charge >= 0.3 is 0 Å². The molecule has 2 aromatic carbocycles. The number of oxazole rings is 1. The van der Waals surface area contributed by atoms with Gasteiger partial charge in [-0.15, -0.1) is 0 Å². The number of likely N-dealkylation sites (tertiary alicyclic amines) is 1. The van der Waals surface area contributed by atoms with E-state index in [0.29, 0.717) is 109 Å². The number of amides is 4. The third-order valence-corrected chi connectivity index (χ3v) is 14.5. The third-order valence-electron chi connectivity index (χ3n) is 14.5. The molecule has 5 aromatic heterocycles. The van der Waals surface area contributed by atoms with Crippen molar-refractivity contribution in [1.29, 1.82) is 0 Å². The van der Waals surface area contributed by atoms with E-state index < -0.39 is 17.0 Å². The highest BCUT2D eigenvalue weighted by Gasteiger charge is 2.31. The molecule has 0 radical (unpaired) electrons. The number of nitrogens with two attached hydrogens (primary N) is 3. The monoisotopic (exact) mass is 1070 g/mol. The van der Waals surface area contributed by atoms with Crippen LogP contribution in [0.25, 0.3) is 44.4 Å². The molecule has 0 spiro atoms. The minimum absolute atomic E-state index is 0.0143. The molecular weight excluding hydrogens is 995 g/mol. The fraction of sp³-hybridized carbons (Fsp3) is 0.473. The molecular formula is C55H73N17O6. The lowest BCUT2D eigenvalue weighted by Crippen LogP contribution is -2.44. The van der Waals surface area contributed by atoms with Gasteiger partial charge in [-0.1, -0.05) is 12.1 Å². The van der Waals surface area contributed by atoms with E-state index in [4.69, 9.17) is 36.6 Å². The number of ether oxygens (including phenoxy) is 1. The number of anilines is 4. The number of fused-ring (bicyclic) bond motifs is 3. The van der Waals surface area contributed by atoms with Gasteiger partial charge in [0.1, 0.15) is 35.5 Å². The second-order valence-corrected chi connectivity index (χ2v) is 21.7. The van der Waals surface area contributed by atoms with Crippen LogP contribution in [0.5, 0.6) is 0 Å². The third kappa shape index (κ3) is 13.2. The topological polar surface area (TPSA) is 303 Å². The average Bonchev–Trinajstić information content (AvgIpc) is 4.15. The number of nitrogens with one attached hydrogen (secondary N) is 2. The number of aryl methyl sites for hydroxylation is 1. The fourth-order valence-electron chi connectivity index (χ4n) is 9.65. The van der Waals surface area contributed by atoms with Crippen LogP contribution in [-0.4, -0.2) is 148 Å². The molecule has 4 amide bonds. The number of hydrogen-bond acceptors (Lipinski definition) is 17. The summed E-state index contributed by atoms with van der Waals surface area (Å²) in [4.78, 5) is 80.1. The van der Waals surface area contributed by atoms with Crippen molar-refractivity contribution in [3.8, 4) is 11.3 Å². The van der Waals surface area contributed by atoms with Crippen molar-refractivity contribution >= 4 is 80.1 Å². The van der Waals surface area contributed by atoms with Crippen LogP contribution < -0.4 is 27.8 Å². The van der Waals surface area contributed by atoms with Crippen LogP contribution in [0.15, 0.2) is 59.6 Å². The Morgan fingerprint density at radius 1 is 0.897 bits per heavy atom. The summed E-state index contributed by atoms with van der Waals surface area (Å²) in [5.41, 5.74) is 24.4. The van der Waals surface area contributed by atoms with Crippen LogP contribution in [0.1, 0.15) is 106 Å². The number of rotatable bonds is 22. The van der Waals surface area contributed by atoms with Crippen LogP contribution in [0, 0.1) is 13.8 Å². The highest BCUT2D eigenvalue weighted by molar-refractivity contribution is 6.13. The molecule has 1 saturated heterocycles. The smallest absolute Gasteiger partial charge is 0.292 e. The van der Waals surface area contributed by atoms with Gasteiger partial charge in [0.2, 0.25) is 17.7 Å². The molecule has 1 atom stereocenters. The second-order valence-electron chi connectivity index (χ2n) is 21.7. The lowest BCUT2D eigenvalue weighted by molar-refractivity contribution is -0.128. The van der Waals surface area contributed by atoms with Crippen LogP contribution in [0.3, 0.4) is 0 Å². The predicted octanol–water partition coefficient (Wildman–Crippen LogP) is 6.01. The maximum absolute atomic E-state index is 13.9. The molecule has 414 valence electrons. The summed E-state index contributed by atoms with van der Waals surface area (Å²) < 4.78 is 15.3. The van der Waals surface area contributed by atoms with E-state index in [0.717, 1.165) is 48.1 Å².